The summed E-state index contributed by atoms with van der Waals surface area (Å²) in [6, 6.07) is 17.5. The van der Waals surface area contributed by atoms with Crippen LogP contribution >= 0.6 is 0 Å². The lowest BCUT2D eigenvalue weighted by atomic mass is 10.0. The molecule has 1 aliphatic rings. The van der Waals surface area contributed by atoms with E-state index in [0.29, 0.717) is 0 Å². The largest absolute Gasteiger partial charge is 0.508 e. The SMILES string of the molecule is Oc1ccc(-c2c(-c3ccccc3)ncn2C[C@@H]2CCCO2)cc1. The van der Waals surface area contributed by atoms with Crippen molar-refractivity contribution in [3.63, 3.8) is 0 Å². The highest BCUT2D eigenvalue weighted by atomic mass is 16.5. The first-order chi connectivity index (χ1) is 11.8. The highest BCUT2D eigenvalue weighted by molar-refractivity contribution is 5.78. The van der Waals surface area contributed by atoms with Crippen molar-refractivity contribution in [1.82, 2.24) is 9.55 Å². The zero-order valence-corrected chi connectivity index (χ0v) is 13.4. The fourth-order valence-electron chi connectivity index (χ4n) is 3.26. The number of aromatic nitrogens is 2. The second kappa shape index (κ2) is 6.49. The van der Waals surface area contributed by atoms with Crippen LogP contribution in [-0.4, -0.2) is 27.4 Å². The summed E-state index contributed by atoms with van der Waals surface area (Å²) in [4.78, 5) is 4.67. The third-order valence-corrected chi connectivity index (χ3v) is 4.45. The number of hydrogen-bond donors (Lipinski definition) is 1. The van der Waals surface area contributed by atoms with Gasteiger partial charge in [-0.2, -0.15) is 0 Å². The zero-order chi connectivity index (χ0) is 16.4. The van der Waals surface area contributed by atoms with Crippen molar-refractivity contribution >= 4 is 0 Å². The molecule has 1 aromatic heterocycles. The van der Waals surface area contributed by atoms with Crippen LogP contribution in [0.2, 0.25) is 0 Å². The van der Waals surface area contributed by atoms with E-state index in [1.165, 1.54) is 0 Å². The van der Waals surface area contributed by atoms with Crippen LogP contribution in [0.4, 0.5) is 0 Å². The molecule has 0 amide bonds. The Morgan fingerprint density at radius 2 is 1.83 bits per heavy atom. The van der Waals surface area contributed by atoms with Gasteiger partial charge in [0.1, 0.15) is 5.75 Å². The molecule has 0 aliphatic carbocycles. The lowest BCUT2D eigenvalue weighted by molar-refractivity contribution is 0.0973. The quantitative estimate of drug-likeness (QED) is 0.787. The fraction of sp³-hybridized carbons (Fsp3) is 0.250. The summed E-state index contributed by atoms with van der Waals surface area (Å²) in [7, 11) is 0. The number of rotatable bonds is 4. The predicted octanol–water partition coefficient (Wildman–Crippen LogP) is 4.10. The minimum Gasteiger partial charge on any atom is -0.508 e. The molecule has 4 heteroatoms. The molecule has 0 bridgehead atoms. The Balaban J connectivity index is 1.79. The second-order valence-corrected chi connectivity index (χ2v) is 6.14. The number of nitrogens with zero attached hydrogens (tertiary/aromatic N) is 2. The van der Waals surface area contributed by atoms with Gasteiger partial charge in [0.2, 0.25) is 0 Å². The van der Waals surface area contributed by atoms with Gasteiger partial charge in [-0.15, -0.1) is 0 Å². The van der Waals surface area contributed by atoms with Crippen molar-refractivity contribution < 1.29 is 9.84 Å². The van der Waals surface area contributed by atoms with Crippen LogP contribution in [0.5, 0.6) is 5.75 Å². The first-order valence-corrected chi connectivity index (χ1v) is 8.33. The number of imidazole rings is 1. The van der Waals surface area contributed by atoms with Gasteiger partial charge in [0.15, 0.2) is 0 Å². The third-order valence-electron chi connectivity index (χ3n) is 4.45. The van der Waals surface area contributed by atoms with Crippen LogP contribution in [0.3, 0.4) is 0 Å². The van der Waals surface area contributed by atoms with Crippen molar-refractivity contribution in [1.29, 1.82) is 0 Å². The molecule has 4 nitrogen and oxygen atoms in total. The Morgan fingerprint density at radius 1 is 1.04 bits per heavy atom. The van der Waals surface area contributed by atoms with E-state index < -0.39 is 0 Å². The van der Waals surface area contributed by atoms with Crippen molar-refractivity contribution in [2.75, 3.05) is 6.61 Å². The van der Waals surface area contributed by atoms with Crippen LogP contribution in [-0.2, 0) is 11.3 Å². The van der Waals surface area contributed by atoms with Gasteiger partial charge < -0.3 is 14.4 Å². The zero-order valence-electron chi connectivity index (χ0n) is 13.4. The molecule has 0 radical (unpaired) electrons. The van der Waals surface area contributed by atoms with E-state index in [4.69, 9.17) is 4.74 Å². The maximum absolute atomic E-state index is 9.60. The monoisotopic (exact) mass is 320 g/mol. The Hall–Kier alpha value is -2.59. The predicted molar refractivity (Wildman–Crippen MR) is 93.7 cm³/mol. The van der Waals surface area contributed by atoms with Gasteiger partial charge in [0.05, 0.1) is 30.4 Å². The van der Waals surface area contributed by atoms with Crippen LogP contribution in [0.1, 0.15) is 12.8 Å². The molecule has 0 saturated carbocycles. The Kier molecular flexibility index (Phi) is 4.05. The molecule has 122 valence electrons. The number of benzene rings is 2. The summed E-state index contributed by atoms with van der Waals surface area (Å²) >= 11 is 0. The number of phenolic OH excluding ortho intramolecular Hbond substituents is 1. The van der Waals surface area contributed by atoms with E-state index in [0.717, 1.165) is 48.5 Å². The normalized spacial score (nSPS) is 17.2. The average molecular weight is 320 g/mol. The lowest BCUT2D eigenvalue weighted by Crippen LogP contribution is -2.15. The molecule has 1 N–H and O–H groups in total. The lowest BCUT2D eigenvalue weighted by Gasteiger charge is -2.14. The summed E-state index contributed by atoms with van der Waals surface area (Å²) < 4.78 is 7.96. The topological polar surface area (TPSA) is 47.3 Å². The maximum atomic E-state index is 9.60. The molecular weight excluding hydrogens is 300 g/mol. The molecule has 24 heavy (non-hydrogen) atoms. The van der Waals surface area contributed by atoms with Gasteiger partial charge in [-0.1, -0.05) is 30.3 Å². The van der Waals surface area contributed by atoms with Crippen molar-refractivity contribution in [2.24, 2.45) is 0 Å². The van der Waals surface area contributed by atoms with Crippen LogP contribution in [0, 0.1) is 0 Å². The molecule has 1 aliphatic heterocycles. The smallest absolute Gasteiger partial charge is 0.115 e. The first kappa shape index (κ1) is 15.0. The standard InChI is InChI=1S/C20H20N2O2/c23-17-10-8-16(9-11-17)20-19(15-5-2-1-3-6-15)21-14-22(20)13-18-7-4-12-24-18/h1-3,5-6,8-11,14,18,23H,4,7,12-13H2/t18-/m0/s1. The Labute approximate surface area is 141 Å². The summed E-state index contributed by atoms with van der Waals surface area (Å²) in [5.74, 6) is 0.269. The average Bonchev–Trinajstić information content (AvgIpc) is 3.27. The van der Waals surface area contributed by atoms with Gasteiger partial charge in [0.25, 0.3) is 0 Å². The summed E-state index contributed by atoms with van der Waals surface area (Å²) in [6.07, 6.45) is 4.36. The molecule has 1 atom stereocenters. The maximum Gasteiger partial charge on any atom is 0.115 e. The molecule has 4 rings (SSSR count). The summed E-state index contributed by atoms with van der Waals surface area (Å²) in [5.41, 5.74) is 4.16. The van der Waals surface area contributed by atoms with Gasteiger partial charge in [-0.25, -0.2) is 4.98 Å². The van der Waals surface area contributed by atoms with E-state index in [1.54, 1.807) is 12.1 Å². The molecule has 0 unspecified atom stereocenters. The molecule has 1 saturated heterocycles. The minimum atomic E-state index is 0.249. The van der Waals surface area contributed by atoms with Gasteiger partial charge in [0, 0.05) is 17.7 Å². The van der Waals surface area contributed by atoms with E-state index in [9.17, 15) is 5.11 Å². The van der Waals surface area contributed by atoms with Gasteiger partial charge >= 0.3 is 0 Å². The fourth-order valence-corrected chi connectivity index (χ4v) is 3.26. The Bertz CT molecular complexity index is 803. The van der Waals surface area contributed by atoms with E-state index >= 15 is 0 Å². The van der Waals surface area contributed by atoms with E-state index in [1.807, 2.05) is 36.7 Å². The van der Waals surface area contributed by atoms with Gasteiger partial charge in [-0.3, -0.25) is 0 Å². The summed E-state index contributed by atoms with van der Waals surface area (Å²) in [6.45, 7) is 1.65. The minimum absolute atomic E-state index is 0.249. The van der Waals surface area contributed by atoms with Crippen molar-refractivity contribution in [2.45, 2.75) is 25.5 Å². The van der Waals surface area contributed by atoms with Crippen molar-refractivity contribution in [3.05, 3.63) is 60.9 Å². The van der Waals surface area contributed by atoms with Crippen LogP contribution < -0.4 is 0 Å². The molecule has 3 aromatic rings. The van der Waals surface area contributed by atoms with E-state index in [-0.39, 0.29) is 11.9 Å². The van der Waals surface area contributed by atoms with Crippen molar-refractivity contribution in [3.8, 4) is 28.3 Å². The number of phenols is 1. The van der Waals surface area contributed by atoms with Gasteiger partial charge in [-0.05, 0) is 37.1 Å². The molecule has 1 fully saturated rings. The molecule has 2 aromatic carbocycles. The second-order valence-electron chi connectivity index (χ2n) is 6.14. The third kappa shape index (κ3) is 2.93. The highest BCUT2D eigenvalue weighted by Gasteiger charge is 2.20. The molecule has 2 heterocycles. The Morgan fingerprint density at radius 3 is 2.54 bits per heavy atom. The first-order valence-electron chi connectivity index (χ1n) is 8.33. The van der Waals surface area contributed by atoms with E-state index in [2.05, 4.69) is 21.7 Å². The number of aromatic hydroxyl groups is 1. The molecule has 0 spiro atoms. The molecular formula is C20H20N2O2. The van der Waals surface area contributed by atoms with Crippen LogP contribution in [0.25, 0.3) is 22.5 Å². The number of ether oxygens (including phenoxy) is 1. The summed E-state index contributed by atoms with van der Waals surface area (Å²) in [5, 5.41) is 9.60. The highest BCUT2D eigenvalue weighted by Crippen LogP contribution is 2.32. The number of hydrogen-bond acceptors (Lipinski definition) is 3. The van der Waals surface area contributed by atoms with Crippen LogP contribution in [0.15, 0.2) is 60.9 Å².